The van der Waals surface area contributed by atoms with Gasteiger partial charge in [-0.05, 0) is 37.1 Å². The molecule has 8 nitrogen and oxygen atoms in total. The second kappa shape index (κ2) is 9.91. The normalized spacial score (nSPS) is 13.8. The lowest BCUT2D eigenvalue weighted by atomic mass is 10.1. The molecule has 1 aliphatic rings. The van der Waals surface area contributed by atoms with Crippen molar-refractivity contribution in [2.75, 3.05) is 34.4 Å². The van der Waals surface area contributed by atoms with Gasteiger partial charge in [-0.3, -0.25) is 9.59 Å². The lowest BCUT2D eigenvalue weighted by molar-refractivity contribution is -0.126. The molecule has 2 amide bonds. The molecule has 2 heterocycles. The van der Waals surface area contributed by atoms with Crippen LogP contribution in [0.2, 0.25) is 0 Å². The zero-order chi connectivity index (χ0) is 24.2. The van der Waals surface area contributed by atoms with E-state index < -0.39 is 5.91 Å². The predicted octanol–water partition coefficient (Wildman–Crippen LogP) is 3.60. The molecule has 0 unspecified atom stereocenters. The van der Waals surface area contributed by atoms with Crippen LogP contribution in [0.25, 0.3) is 17.0 Å². The van der Waals surface area contributed by atoms with Gasteiger partial charge in [0.1, 0.15) is 5.70 Å². The second-order valence-electron chi connectivity index (χ2n) is 8.14. The number of aromatic nitrogens is 1. The van der Waals surface area contributed by atoms with Crippen LogP contribution in [0, 0.1) is 0 Å². The number of hydrogen-bond acceptors (Lipinski definition) is 5. The van der Waals surface area contributed by atoms with E-state index in [9.17, 15) is 9.59 Å². The van der Waals surface area contributed by atoms with Crippen LogP contribution in [0.3, 0.4) is 0 Å². The summed E-state index contributed by atoms with van der Waals surface area (Å²) in [7, 11) is 6.43. The number of nitrogens with one attached hydrogen (secondary N) is 1. The minimum Gasteiger partial charge on any atom is -0.493 e. The van der Waals surface area contributed by atoms with Crippen molar-refractivity contribution in [2.45, 2.75) is 12.8 Å². The van der Waals surface area contributed by atoms with Crippen LogP contribution >= 0.6 is 0 Å². The number of rotatable bonds is 7. The minimum absolute atomic E-state index is 0.203. The molecule has 1 aliphatic heterocycles. The topological polar surface area (TPSA) is 82.0 Å². The van der Waals surface area contributed by atoms with Crippen LogP contribution in [0.4, 0.5) is 0 Å². The summed E-state index contributed by atoms with van der Waals surface area (Å²) in [6.07, 6.45) is 5.61. The maximum Gasteiger partial charge on any atom is 0.270 e. The zero-order valence-corrected chi connectivity index (χ0v) is 19.9. The third-order valence-corrected chi connectivity index (χ3v) is 6.03. The Bertz CT molecular complexity index is 1230. The fourth-order valence-corrected chi connectivity index (χ4v) is 4.29. The number of hydrogen-bond donors (Lipinski definition) is 1. The van der Waals surface area contributed by atoms with Gasteiger partial charge in [0, 0.05) is 48.4 Å². The smallest absolute Gasteiger partial charge is 0.270 e. The van der Waals surface area contributed by atoms with Gasteiger partial charge in [-0.15, -0.1) is 0 Å². The maximum atomic E-state index is 13.4. The van der Waals surface area contributed by atoms with Crippen molar-refractivity contribution in [2.24, 2.45) is 7.05 Å². The Hall–Kier alpha value is -3.94. The molecule has 0 saturated carbocycles. The van der Waals surface area contributed by atoms with Crippen molar-refractivity contribution >= 4 is 28.8 Å². The van der Waals surface area contributed by atoms with E-state index in [2.05, 4.69) is 5.32 Å². The van der Waals surface area contributed by atoms with Gasteiger partial charge in [-0.2, -0.15) is 0 Å². The van der Waals surface area contributed by atoms with Crippen LogP contribution in [-0.2, 0) is 11.8 Å². The van der Waals surface area contributed by atoms with Crippen molar-refractivity contribution in [3.8, 4) is 17.2 Å². The Kier molecular flexibility index (Phi) is 6.77. The van der Waals surface area contributed by atoms with Crippen molar-refractivity contribution < 1.29 is 23.8 Å². The number of ether oxygens (including phenoxy) is 3. The summed E-state index contributed by atoms with van der Waals surface area (Å²) < 4.78 is 18.1. The number of likely N-dealkylation sites (tertiary alicyclic amines) is 1. The van der Waals surface area contributed by atoms with Crippen molar-refractivity contribution in [3.63, 3.8) is 0 Å². The second-order valence-corrected chi connectivity index (χ2v) is 8.14. The molecule has 0 radical (unpaired) electrons. The molecule has 3 aromatic rings. The molecule has 8 heteroatoms. The molecule has 0 atom stereocenters. The molecule has 2 aromatic carbocycles. The number of para-hydroxylation sites is 1. The first-order valence-electron chi connectivity index (χ1n) is 11.1. The van der Waals surface area contributed by atoms with Crippen molar-refractivity contribution in [3.05, 3.63) is 59.4 Å². The number of carbonyl (C=O) groups is 2. The largest absolute Gasteiger partial charge is 0.493 e. The molecule has 1 saturated heterocycles. The van der Waals surface area contributed by atoms with Crippen LogP contribution in [0.1, 0.15) is 28.8 Å². The van der Waals surface area contributed by atoms with Crippen LogP contribution < -0.4 is 19.5 Å². The molecule has 34 heavy (non-hydrogen) atoms. The van der Waals surface area contributed by atoms with Gasteiger partial charge in [0.25, 0.3) is 11.8 Å². The monoisotopic (exact) mass is 463 g/mol. The van der Waals surface area contributed by atoms with E-state index in [0.717, 1.165) is 29.3 Å². The summed E-state index contributed by atoms with van der Waals surface area (Å²) in [5.74, 6) is 0.459. The van der Waals surface area contributed by atoms with Crippen LogP contribution in [-0.4, -0.2) is 55.7 Å². The number of carbonyl (C=O) groups excluding carboxylic acids is 2. The average Bonchev–Trinajstić information content (AvgIpc) is 3.51. The predicted molar refractivity (Wildman–Crippen MR) is 130 cm³/mol. The summed E-state index contributed by atoms with van der Waals surface area (Å²) >= 11 is 0. The van der Waals surface area contributed by atoms with Crippen LogP contribution in [0.5, 0.6) is 17.2 Å². The minimum atomic E-state index is -0.446. The number of aryl methyl sites for hydroxylation is 1. The highest BCUT2D eigenvalue weighted by molar-refractivity contribution is 6.07. The first kappa shape index (κ1) is 23.2. The number of amides is 2. The highest BCUT2D eigenvalue weighted by atomic mass is 16.5. The van der Waals surface area contributed by atoms with E-state index in [4.69, 9.17) is 14.2 Å². The summed E-state index contributed by atoms with van der Waals surface area (Å²) in [5.41, 5.74) is 2.40. The fourth-order valence-electron chi connectivity index (χ4n) is 4.29. The Balaban J connectivity index is 1.74. The quantitative estimate of drug-likeness (QED) is 0.542. The summed E-state index contributed by atoms with van der Waals surface area (Å²) in [6, 6.07) is 11.1. The van der Waals surface area contributed by atoms with E-state index in [1.165, 1.54) is 21.3 Å². The van der Waals surface area contributed by atoms with Gasteiger partial charge >= 0.3 is 0 Å². The molecular weight excluding hydrogens is 434 g/mol. The molecule has 1 aromatic heterocycles. The molecule has 0 bridgehead atoms. The molecule has 178 valence electrons. The number of methoxy groups -OCH3 is 3. The van der Waals surface area contributed by atoms with Gasteiger partial charge < -0.3 is 29.0 Å². The van der Waals surface area contributed by atoms with E-state index in [1.807, 2.05) is 42.1 Å². The SMILES string of the molecule is COc1cc(C(=O)NC(=Cc2cn(C)c3ccccc23)C(=O)N2CCCC2)cc(OC)c1OC. The van der Waals surface area contributed by atoms with E-state index in [-0.39, 0.29) is 17.2 Å². The van der Waals surface area contributed by atoms with Crippen LogP contribution in [0.15, 0.2) is 48.3 Å². The Morgan fingerprint density at radius 1 is 0.971 bits per heavy atom. The molecular formula is C26H29N3O5. The number of benzene rings is 2. The summed E-state index contributed by atoms with van der Waals surface area (Å²) in [4.78, 5) is 28.4. The lowest BCUT2D eigenvalue weighted by Crippen LogP contribution is -2.36. The average molecular weight is 464 g/mol. The third kappa shape index (κ3) is 4.44. The maximum absolute atomic E-state index is 13.4. The first-order valence-corrected chi connectivity index (χ1v) is 11.1. The Labute approximate surface area is 198 Å². The van der Waals surface area contributed by atoms with E-state index in [0.29, 0.717) is 30.3 Å². The lowest BCUT2D eigenvalue weighted by Gasteiger charge is -2.19. The van der Waals surface area contributed by atoms with Gasteiger partial charge in [0.05, 0.1) is 21.3 Å². The number of fused-ring (bicyclic) bond motifs is 1. The number of nitrogens with zero attached hydrogens (tertiary/aromatic N) is 2. The van der Waals surface area contributed by atoms with Gasteiger partial charge in [0.15, 0.2) is 11.5 Å². The summed E-state index contributed by atoms with van der Waals surface area (Å²) in [6.45, 7) is 1.34. The Morgan fingerprint density at radius 2 is 1.62 bits per heavy atom. The zero-order valence-electron chi connectivity index (χ0n) is 19.9. The third-order valence-electron chi connectivity index (χ3n) is 6.03. The fraction of sp³-hybridized carbons (Fsp3) is 0.308. The van der Waals surface area contributed by atoms with E-state index in [1.54, 1.807) is 23.1 Å². The van der Waals surface area contributed by atoms with Gasteiger partial charge in [-0.1, -0.05) is 18.2 Å². The molecule has 1 fully saturated rings. The van der Waals surface area contributed by atoms with Crippen molar-refractivity contribution in [1.82, 2.24) is 14.8 Å². The summed E-state index contributed by atoms with van der Waals surface area (Å²) in [5, 5.41) is 3.84. The van der Waals surface area contributed by atoms with Gasteiger partial charge in [-0.25, -0.2) is 0 Å². The molecule has 0 spiro atoms. The standard InChI is InChI=1S/C26H29N3O5/c1-28-16-18(19-9-5-6-10-21(19)28)13-20(26(31)29-11-7-8-12-29)27-25(30)17-14-22(32-2)24(34-4)23(15-17)33-3/h5-6,9-10,13-16H,7-8,11-12H2,1-4H3,(H,27,30). The Morgan fingerprint density at radius 3 is 2.24 bits per heavy atom. The highest BCUT2D eigenvalue weighted by Crippen LogP contribution is 2.38. The van der Waals surface area contributed by atoms with Gasteiger partial charge in [0.2, 0.25) is 5.75 Å². The highest BCUT2D eigenvalue weighted by Gasteiger charge is 2.25. The van der Waals surface area contributed by atoms with Crippen molar-refractivity contribution in [1.29, 1.82) is 0 Å². The first-order chi connectivity index (χ1) is 16.5. The molecule has 4 rings (SSSR count). The molecule has 0 aliphatic carbocycles. The van der Waals surface area contributed by atoms with E-state index >= 15 is 0 Å². The molecule has 1 N–H and O–H groups in total.